The molecule has 1 aliphatic carbocycles. The standard InChI is InChI=1S/C18H23N3O2S/c1-12-16(24-13(2)21-12)10-19-17(22)20-11-18(23)9-5-7-14-6-3-4-8-15(14)18/h3-4,6,8,23H,5,7,9-11H2,1-2H3,(H2,19,20,22). The second kappa shape index (κ2) is 6.91. The Morgan fingerprint density at radius 2 is 2.12 bits per heavy atom. The Balaban J connectivity index is 1.57. The van der Waals surface area contributed by atoms with E-state index in [4.69, 9.17) is 0 Å². The van der Waals surface area contributed by atoms with E-state index < -0.39 is 5.60 Å². The first kappa shape index (κ1) is 16.9. The third-order valence-corrected chi connectivity index (χ3v) is 5.58. The second-order valence-electron chi connectivity index (χ2n) is 6.32. The van der Waals surface area contributed by atoms with Crippen LogP contribution in [0.1, 0.15) is 39.5 Å². The molecule has 1 heterocycles. The number of rotatable bonds is 4. The number of carbonyl (C=O) groups excluding carboxylic acids is 1. The summed E-state index contributed by atoms with van der Waals surface area (Å²) in [6.07, 6.45) is 2.57. The number of nitrogens with zero attached hydrogens (tertiary/aromatic N) is 1. The van der Waals surface area contributed by atoms with Gasteiger partial charge in [-0.1, -0.05) is 24.3 Å². The van der Waals surface area contributed by atoms with Crippen LogP contribution in [0.3, 0.4) is 0 Å². The molecule has 1 unspecified atom stereocenters. The molecule has 1 aromatic carbocycles. The van der Waals surface area contributed by atoms with Crippen LogP contribution >= 0.6 is 11.3 Å². The van der Waals surface area contributed by atoms with Crippen molar-refractivity contribution in [2.75, 3.05) is 6.54 Å². The average Bonchev–Trinajstić information content (AvgIpc) is 2.89. The first-order valence-electron chi connectivity index (χ1n) is 8.23. The molecular formula is C18H23N3O2S. The Morgan fingerprint density at radius 3 is 2.88 bits per heavy atom. The van der Waals surface area contributed by atoms with Gasteiger partial charge in [0.15, 0.2) is 0 Å². The average molecular weight is 345 g/mol. The van der Waals surface area contributed by atoms with Crippen molar-refractivity contribution in [3.8, 4) is 0 Å². The Labute approximate surface area is 146 Å². The minimum atomic E-state index is -0.983. The highest BCUT2D eigenvalue weighted by molar-refractivity contribution is 7.11. The molecule has 5 nitrogen and oxygen atoms in total. The van der Waals surface area contributed by atoms with E-state index in [0.29, 0.717) is 13.0 Å². The minimum Gasteiger partial charge on any atom is -0.383 e. The van der Waals surface area contributed by atoms with Crippen LogP contribution in [0.25, 0.3) is 0 Å². The molecule has 3 rings (SSSR count). The summed E-state index contributed by atoms with van der Waals surface area (Å²) in [5.74, 6) is 0. The summed E-state index contributed by atoms with van der Waals surface area (Å²) in [7, 11) is 0. The molecule has 24 heavy (non-hydrogen) atoms. The third-order valence-electron chi connectivity index (χ3n) is 4.51. The SMILES string of the molecule is Cc1nc(C)c(CNC(=O)NCC2(O)CCCc3ccccc32)s1. The van der Waals surface area contributed by atoms with E-state index in [1.54, 1.807) is 11.3 Å². The number of aliphatic hydroxyl groups is 1. The van der Waals surface area contributed by atoms with Gasteiger partial charge >= 0.3 is 6.03 Å². The van der Waals surface area contributed by atoms with Crippen LogP contribution in [-0.4, -0.2) is 22.7 Å². The monoisotopic (exact) mass is 345 g/mol. The van der Waals surface area contributed by atoms with Crippen LogP contribution in [-0.2, 0) is 18.6 Å². The molecule has 128 valence electrons. The molecule has 6 heteroatoms. The molecule has 3 N–H and O–H groups in total. The Hall–Kier alpha value is -1.92. The van der Waals surface area contributed by atoms with Crippen molar-refractivity contribution in [2.24, 2.45) is 0 Å². The molecule has 2 aromatic rings. The first-order valence-corrected chi connectivity index (χ1v) is 9.05. The number of benzene rings is 1. The van der Waals surface area contributed by atoms with Gasteiger partial charge in [0.1, 0.15) is 5.60 Å². The number of aromatic nitrogens is 1. The lowest BCUT2D eigenvalue weighted by Crippen LogP contribution is -2.46. The quantitative estimate of drug-likeness (QED) is 0.798. The van der Waals surface area contributed by atoms with E-state index in [2.05, 4.69) is 21.7 Å². The number of fused-ring (bicyclic) bond motifs is 1. The van der Waals surface area contributed by atoms with Crippen molar-refractivity contribution in [1.82, 2.24) is 15.6 Å². The minimum absolute atomic E-state index is 0.219. The number of urea groups is 1. The van der Waals surface area contributed by atoms with Crippen LogP contribution in [0.5, 0.6) is 0 Å². The fourth-order valence-corrected chi connectivity index (χ4v) is 4.15. The fraction of sp³-hybridized carbons (Fsp3) is 0.444. The van der Waals surface area contributed by atoms with Crippen molar-refractivity contribution in [3.05, 3.63) is 51.0 Å². The Kier molecular flexibility index (Phi) is 4.87. The summed E-state index contributed by atoms with van der Waals surface area (Å²) in [5, 5.41) is 17.6. The zero-order valence-electron chi connectivity index (χ0n) is 14.1. The molecule has 0 radical (unpaired) electrons. The van der Waals surface area contributed by atoms with Crippen LogP contribution < -0.4 is 10.6 Å². The number of carbonyl (C=O) groups is 1. The summed E-state index contributed by atoms with van der Waals surface area (Å²) >= 11 is 1.59. The number of hydrogen-bond acceptors (Lipinski definition) is 4. The molecule has 0 saturated carbocycles. The molecular weight excluding hydrogens is 322 g/mol. The smallest absolute Gasteiger partial charge is 0.315 e. The summed E-state index contributed by atoms with van der Waals surface area (Å²) in [4.78, 5) is 17.5. The Morgan fingerprint density at radius 1 is 1.33 bits per heavy atom. The van der Waals surface area contributed by atoms with E-state index in [-0.39, 0.29) is 12.6 Å². The summed E-state index contributed by atoms with van der Waals surface area (Å²) in [5.41, 5.74) is 2.08. The zero-order valence-corrected chi connectivity index (χ0v) is 14.9. The number of aryl methyl sites for hydroxylation is 3. The van der Waals surface area contributed by atoms with Gasteiger partial charge in [-0.05, 0) is 44.2 Å². The molecule has 1 atom stereocenters. The van der Waals surface area contributed by atoms with E-state index in [1.165, 1.54) is 5.56 Å². The highest BCUT2D eigenvalue weighted by atomic mass is 32.1. The fourth-order valence-electron chi connectivity index (χ4n) is 3.27. The largest absolute Gasteiger partial charge is 0.383 e. The summed E-state index contributed by atoms with van der Waals surface area (Å²) in [6.45, 7) is 4.58. The van der Waals surface area contributed by atoms with Crippen LogP contribution in [0, 0.1) is 13.8 Å². The van der Waals surface area contributed by atoms with E-state index in [1.807, 2.05) is 32.0 Å². The lowest BCUT2D eigenvalue weighted by atomic mass is 9.79. The maximum absolute atomic E-state index is 12.1. The highest BCUT2D eigenvalue weighted by Crippen LogP contribution is 2.34. The second-order valence-corrected chi connectivity index (χ2v) is 7.61. The predicted octanol–water partition coefficient (Wildman–Crippen LogP) is 2.78. The molecule has 0 bridgehead atoms. The topological polar surface area (TPSA) is 74.2 Å². The lowest BCUT2D eigenvalue weighted by molar-refractivity contribution is 0.0217. The first-order chi connectivity index (χ1) is 11.5. The molecule has 0 fully saturated rings. The van der Waals surface area contributed by atoms with Crippen LogP contribution in [0.4, 0.5) is 4.79 Å². The number of amides is 2. The molecule has 2 amide bonds. The summed E-state index contributed by atoms with van der Waals surface area (Å²) < 4.78 is 0. The van der Waals surface area contributed by atoms with Crippen molar-refractivity contribution in [3.63, 3.8) is 0 Å². The van der Waals surface area contributed by atoms with Gasteiger partial charge in [0.05, 0.1) is 23.8 Å². The normalized spacial score (nSPS) is 19.6. The van der Waals surface area contributed by atoms with Gasteiger partial charge in [0.2, 0.25) is 0 Å². The van der Waals surface area contributed by atoms with E-state index >= 15 is 0 Å². The van der Waals surface area contributed by atoms with Gasteiger partial charge in [-0.25, -0.2) is 9.78 Å². The van der Waals surface area contributed by atoms with Gasteiger partial charge < -0.3 is 15.7 Å². The van der Waals surface area contributed by atoms with Crippen LogP contribution in [0.15, 0.2) is 24.3 Å². The summed E-state index contributed by atoms with van der Waals surface area (Å²) in [6, 6.07) is 7.66. The van der Waals surface area contributed by atoms with Crippen molar-refractivity contribution in [1.29, 1.82) is 0 Å². The van der Waals surface area contributed by atoms with E-state index in [9.17, 15) is 9.90 Å². The molecule has 1 aromatic heterocycles. The number of hydrogen-bond donors (Lipinski definition) is 3. The maximum Gasteiger partial charge on any atom is 0.315 e. The third kappa shape index (κ3) is 3.60. The maximum atomic E-state index is 12.1. The van der Waals surface area contributed by atoms with Gasteiger partial charge in [-0.2, -0.15) is 0 Å². The molecule has 0 aliphatic heterocycles. The zero-order chi connectivity index (χ0) is 17.2. The van der Waals surface area contributed by atoms with Crippen molar-refractivity contribution in [2.45, 2.75) is 45.3 Å². The molecule has 1 aliphatic rings. The lowest BCUT2D eigenvalue weighted by Gasteiger charge is -2.34. The highest BCUT2D eigenvalue weighted by Gasteiger charge is 2.34. The van der Waals surface area contributed by atoms with Gasteiger partial charge in [-0.3, -0.25) is 0 Å². The van der Waals surface area contributed by atoms with Gasteiger partial charge in [0, 0.05) is 4.88 Å². The van der Waals surface area contributed by atoms with Crippen LogP contribution in [0.2, 0.25) is 0 Å². The van der Waals surface area contributed by atoms with Gasteiger partial charge in [-0.15, -0.1) is 11.3 Å². The number of nitrogens with one attached hydrogen (secondary N) is 2. The molecule has 0 spiro atoms. The Bertz CT molecular complexity index is 744. The van der Waals surface area contributed by atoms with Crippen molar-refractivity contribution >= 4 is 17.4 Å². The van der Waals surface area contributed by atoms with Crippen molar-refractivity contribution < 1.29 is 9.90 Å². The van der Waals surface area contributed by atoms with Gasteiger partial charge in [0.25, 0.3) is 0 Å². The molecule has 0 saturated heterocycles. The predicted molar refractivity (Wildman–Crippen MR) is 95.1 cm³/mol. The van der Waals surface area contributed by atoms with E-state index in [0.717, 1.165) is 34.0 Å². The number of thiazole rings is 1.